The molecule has 0 unspecified atom stereocenters. The van der Waals surface area contributed by atoms with Crippen LogP contribution in [0.4, 0.5) is 0 Å². The van der Waals surface area contributed by atoms with E-state index in [-0.39, 0.29) is 5.91 Å². The van der Waals surface area contributed by atoms with Gasteiger partial charge >= 0.3 is 0 Å². The topological polar surface area (TPSA) is 29.5 Å². The molecule has 104 valence electrons. The molecule has 0 spiro atoms. The number of allylic oxidation sites excluding steroid dienone is 2. The number of ether oxygens (including phenoxy) is 1. The third-order valence-corrected chi connectivity index (χ3v) is 3.16. The number of hydrogen-bond acceptors (Lipinski definition) is 2. The molecule has 0 aliphatic heterocycles. The Morgan fingerprint density at radius 3 is 2.16 bits per heavy atom. The summed E-state index contributed by atoms with van der Waals surface area (Å²) in [7, 11) is 1.72. The molecule has 0 fully saturated rings. The van der Waals surface area contributed by atoms with E-state index in [1.807, 2.05) is 13.8 Å². The van der Waals surface area contributed by atoms with Crippen molar-refractivity contribution in [2.75, 3.05) is 7.05 Å². The van der Waals surface area contributed by atoms with E-state index < -0.39 is 0 Å². The zero-order valence-electron chi connectivity index (χ0n) is 11.5. The maximum atomic E-state index is 11.4. The van der Waals surface area contributed by atoms with Crippen molar-refractivity contribution in [2.45, 2.75) is 27.2 Å². The van der Waals surface area contributed by atoms with Gasteiger partial charge in [-0.2, -0.15) is 0 Å². The number of benzene rings is 1. The van der Waals surface area contributed by atoms with E-state index in [1.165, 1.54) is 6.92 Å². The molecule has 0 aliphatic carbocycles. The van der Waals surface area contributed by atoms with Crippen LogP contribution in [0.3, 0.4) is 0 Å². The van der Waals surface area contributed by atoms with Gasteiger partial charge in [-0.25, -0.2) is 0 Å². The molecule has 0 aromatic heterocycles. The molecule has 0 saturated carbocycles. The fourth-order valence-corrected chi connectivity index (χ4v) is 2.24. The Kier molecular flexibility index (Phi) is 5.70. The third-order valence-electron chi connectivity index (χ3n) is 2.73. The van der Waals surface area contributed by atoms with E-state index >= 15 is 0 Å². The van der Waals surface area contributed by atoms with Gasteiger partial charge in [-0.3, -0.25) is 4.79 Å². The van der Waals surface area contributed by atoms with Gasteiger partial charge in [-0.15, -0.1) is 0 Å². The van der Waals surface area contributed by atoms with Gasteiger partial charge < -0.3 is 9.64 Å². The summed E-state index contributed by atoms with van der Waals surface area (Å²) in [6, 6.07) is 4.99. The van der Waals surface area contributed by atoms with Gasteiger partial charge in [0.2, 0.25) is 5.91 Å². The van der Waals surface area contributed by atoms with Crippen LogP contribution in [0.1, 0.15) is 27.2 Å². The van der Waals surface area contributed by atoms with E-state index in [2.05, 4.69) is 0 Å². The minimum absolute atomic E-state index is 0.0380. The molecule has 1 aromatic carbocycles. The summed E-state index contributed by atoms with van der Waals surface area (Å²) >= 11 is 11.8. The highest BCUT2D eigenvalue weighted by molar-refractivity contribution is 6.34. The number of carbonyl (C=O) groups excluding carboxylic acids is 1. The highest BCUT2D eigenvalue weighted by Gasteiger charge is 2.12. The number of amides is 1. The smallest absolute Gasteiger partial charge is 0.223 e. The van der Waals surface area contributed by atoms with Crippen molar-refractivity contribution < 1.29 is 9.53 Å². The Morgan fingerprint density at radius 2 is 1.74 bits per heavy atom. The van der Waals surface area contributed by atoms with Gasteiger partial charge in [-0.1, -0.05) is 30.1 Å². The van der Waals surface area contributed by atoms with Crippen molar-refractivity contribution in [2.24, 2.45) is 0 Å². The first-order valence-corrected chi connectivity index (χ1v) is 6.68. The standard InChI is InChI=1S/C14H17Cl2NO2/c1-5-14(17(4)10(3)18)9(2)19-13-7-11(15)6-12(16)8-13/h6-8H,5H2,1-4H3/b14-9+. The van der Waals surface area contributed by atoms with Crippen molar-refractivity contribution in [3.05, 3.63) is 39.7 Å². The van der Waals surface area contributed by atoms with Crippen molar-refractivity contribution in [1.29, 1.82) is 0 Å². The Labute approximate surface area is 123 Å². The summed E-state index contributed by atoms with van der Waals surface area (Å²) in [4.78, 5) is 13.0. The Balaban J connectivity index is 3.03. The number of nitrogens with zero attached hydrogens (tertiary/aromatic N) is 1. The van der Waals surface area contributed by atoms with Gasteiger partial charge in [-0.05, 0) is 31.5 Å². The predicted octanol–water partition coefficient (Wildman–Crippen LogP) is 4.49. The highest BCUT2D eigenvalue weighted by atomic mass is 35.5. The molecule has 1 aromatic rings. The normalized spacial score (nSPS) is 11.9. The first-order chi connectivity index (χ1) is 8.85. The number of halogens is 2. The fraction of sp³-hybridized carbons (Fsp3) is 0.357. The van der Waals surface area contributed by atoms with Crippen LogP contribution in [0.5, 0.6) is 5.75 Å². The summed E-state index contributed by atoms with van der Waals surface area (Å²) in [5, 5.41) is 1.02. The second-order valence-corrected chi connectivity index (χ2v) is 5.01. The molecule has 3 nitrogen and oxygen atoms in total. The van der Waals surface area contributed by atoms with Crippen LogP contribution in [0, 0.1) is 0 Å². The predicted molar refractivity (Wildman–Crippen MR) is 78.5 cm³/mol. The fourth-order valence-electron chi connectivity index (χ4n) is 1.74. The average molecular weight is 302 g/mol. The van der Waals surface area contributed by atoms with Crippen LogP contribution in [0.25, 0.3) is 0 Å². The molecule has 0 N–H and O–H groups in total. The molecule has 0 heterocycles. The van der Waals surface area contributed by atoms with E-state index in [1.54, 1.807) is 30.1 Å². The monoisotopic (exact) mass is 301 g/mol. The van der Waals surface area contributed by atoms with E-state index in [4.69, 9.17) is 27.9 Å². The molecule has 0 saturated heterocycles. The molecule has 1 rings (SSSR count). The highest BCUT2D eigenvalue weighted by Crippen LogP contribution is 2.26. The van der Waals surface area contributed by atoms with Crippen LogP contribution < -0.4 is 4.74 Å². The number of rotatable bonds is 4. The molecule has 5 heteroatoms. The van der Waals surface area contributed by atoms with Crippen molar-refractivity contribution >= 4 is 29.1 Å². The maximum absolute atomic E-state index is 11.4. The Morgan fingerprint density at radius 1 is 1.21 bits per heavy atom. The first kappa shape index (κ1) is 15.9. The summed E-state index contributed by atoms with van der Waals surface area (Å²) in [6.45, 7) is 5.29. The molecule has 19 heavy (non-hydrogen) atoms. The molecular weight excluding hydrogens is 285 g/mol. The molecule has 0 radical (unpaired) electrons. The summed E-state index contributed by atoms with van der Waals surface area (Å²) in [6.07, 6.45) is 0.691. The second kappa shape index (κ2) is 6.83. The van der Waals surface area contributed by atoms with Crippen LogP contribution in [-0.2, 0) is 4.79 Å². The lowest BCUT2D eigenvalue weighted by molar-refractivity contribution is -0.126. The summed E-state index contributed by atoms with van der Waals surface area (Å²) < 4.78 is 5.72. The summed E-state index contributed by atoms with van der Waals surface area (Å²) in [5.74, 6) is 1.17. The van der Waals surface area contributed by atoms with Gasteiger partial charge in [0.25, 0.3) is 0 Å². The van der Waals surface area contributed by atoms with Gasteiger partial charge in [0.15, 0.2) is 0 Å². The van der Waals surface area contributed by atoms with Crippen LogP contribution in [0.2, 0.25) is 10.0 Å². The van der Waals surface area contributed by atoms with Gasteiger partial charge in [0, 0.05) is 24.0 Å². The largest absolute Gasteiger partial charge is 0.460 e. The van der Waals surface area contributed by atoms with Crippen LogP contribution >= 0.6 is 23.2 Å². The Bertz CT molecular complexity index is 492. The van der Waals surface area contributed by atoms with Gasteiger partial charge in [0.05, 0.1) is 5.70 Å². The SMILES string of the molecule is CC/C(=C(/C)Oc1cc(Cl)cc(Cl)c1)N(C)C(C)=O. The lowest BCUT2D eigenvalue weighted by atomic mass is 10.2. The zero-order valence-corrected chi connectivity index (χ0v) is 13.0. The minimum atomic E-state index is -0.0380. The van der Waals surface area contributed by atoms with Crippen molar-refractivity contribution in [3.8, 4) is 5.75 Å². The molecule has 1 amide bonds. The molecule has 0 aliphatic rings. The van der Waals surface area contributed by atoms with E-state index in [9.17, 15) is 4.79 Å². The lowest BCUT2D eigenvalue weighted by Gasteiger charge is -2.21. The molecule has 0 bridgehead atoms. The maximum Gasteiger partial charge on any atom is 0.223 e. The Hall–Kier alpha value is -1.19. The van der Waals surface area contributed by atoms with Crippen molar-refractivity contribution in [1.82, 2.24) is 4.90 Å². The van der Waals surface area contributed by atoms with Crippen molar-refractivity contribution in [3.63, 3.8) is 0 Å². The quantitative estimate of drug-likeness (QED) is 0.767. The number of hydrogen-bond donors (Lipinski definition) is 0. The second-order valence-electron chi connectivity index (χ2n) is 4.14. The van der Waals surface area contributed by atoms with Crippen LogP contribution in [0.15, 0.2) is 29.7 Å². The minimum Gasteiger partial charge on any atom is -0.460 e. The van der Waals surface area contributed by atoms with E-state index in [0.29, 0.717) is 28.0 Å². The van der Waals surface area contributed by atoms with Gasteiger partial charge in [0.1, 0.15) is 11.5 Å². The summed E-state index contributed by atoms with van der Waals surface area (Å²) in [5.41, 5.74) is 0.823. The average Bonchev–Trinajstić information content (AvgIpc) is 2.27. The third kappa shape index (κ3) is 4.44. The lowest BCUT2D eigenvalue weighted by Crippen LogP contribution is -2.24. The molecular formula is C14H17Cl2NO2. The zero-order chi connectivity index (χ0) is 14.6. The van der Waals surface area contributed by atoms with E-state index in [0.717, 1.165) is 5.70 Å². The first-order valence-electron chi connectivity index (χ1n) is 5.93. The molecule has 0 atom stereocenters. The number of carbonyl (C=O) groups is 1. The van der Waals surface area contributed by atoms with Crippen LogP contribution in [-0.4, -0.2) is 17.9 Å².